The van der Waals surface area contributed by atoms with Crippen molar-refractivity contribution < 1.29 is 9.47 Å². The lowest BCUT2D eigenvalue weighted by Gasteiger charge is -2.16. The first kappa shape index (κ1) is 14.3. The minimum Gasteiger partial charge on any atom is -0.486 e. The molecule has 0 aliphatic carbocycles. The van der Waals surface area contributed by atoms with Crippen LogP contribution in [-0.4, -0.2) is 30.8 Å². The van der Waals surface area contributed by atoms with Crippen LogP contribution in [0.1, 0.15) is 31.7 Å². The lowest BCUT2D eigenvalue weighted by molar-refractivity contribution is 0.140. The molecule has 1 N–H and O–H groups in total. The highest BCUT2D eigenvalue weighted by atomic mass is 16.5. The van der Waals surface area contributed by atoms with Gasteiger partial charge in [0.25, 0.3) is 0 Å². The topological polar surface area (TPSA) is 43.4 Å². The van der Waals surface area contributed by atoms with Gasteiger partial charge in [-0.05, 0) is 31.5 Å². The molecule has 1 aliphatic rings. The van der Waals surface area contributed by atoms with Gasteiger partial charge in [-0.25, -0.2) is 0 Å². The van der Waals surface area contributed by atoms with E-state index in [9.17, 15) is 0 Å². The van der Waals surface area contributed by atoms with Crippen molar-refractivity contribution in [1.82, 2.24) is 10.3 Å². The van der Waals surface area contributed by atoms with Crippen molar-refractivity contribution in [3.05, 3.63) is 23.5 Å². The SMILES string of the molecule is Cc1ccc(OC2CCOC2)c(CNCC(C)C)n1. The molecule has 2 heterocycles. The van der Waals surface area contributed by atoms with E-state index in [1.54, 1.807) is 0 Å². The molecule has 1 fully saturated rings. The summed E-state index contributed by atoms with van der Waals surface area (Å²) in [6, 6.07) is 4.02. The van der Waals surface area contributed by atoms with Gasteiger partial charge in [-0.1, -0.05) is 13.8 Å². The van der Waals surface area contributed by atoms with E-state index < -0.39 is 0 Å². The smallest absolute Gasteiger partial charge is 0.142 e. The first-order chi connectivity index (χ1) is 9.15. The number of rotatable bonds is 6. The molecule has 4 nitrogen and oxygen atoms in total. The molecule has 0 aromatic carbocycles. The number of ether oxygens (including phenoxy) is 2. The Morgan fingerprint density at radius 3 is 3.00 bits per heavy atom. The summed E-state index contributed by atoms with van der Waals surface area (Å²) in [5, 5.41) is 3.42. The molecule has 0 saturated carbocycles. The molecule has 2 rings (SSSR count). The number of hydrogen-bond donors (Lipinski definition) is 1. The van der Waals surface area contributed by atoms with Crippen LogP contribution >= 0.6 is 0 Å². The maximum Gasteiger partial charge on any atom is 0.142 e. The van der Waals surface area contributed by atoms with Crippen molar-refractivity contribution in [3.8, 4) is 5.75 Å². The monoisotopic (exact) mass is 264 g/mol. The molecule has 1 saturated heterocycles. The normalized spacial score (nSPS) is 19.1. The summed E-state index contributed by atoms with van der Waals surface area (Å²) in [6.07, 6.45) is 1.14. The molecule has 0 bridgehead atoms. The first-order valence-corrected chi connectivity index (χ1v) is 7.07. The van der Waals surface area contributed by atoms with Crippen LogP contribution in [0.25, 0.3) is 0 Å². The Labute approximate surface area is 115 Å². The van der Waals surface area contributed by atoms with Crippen LogP contribution < -0.4 is 10.1 Å². The molecule has 1 aliphatic heterocycles. The third-order valence-corrected chi connectivity index (χ3v) is 3.10. The minimum absolute atomic E-state index is 0.174. The molecule has 1 aromatic rings. The Bertz CT molecular complexity index is 401. The summed E-state index contributed by atoms with van der Waals surface area (Å²) in [5.74, 6) is 1.52. The molecule has 4 heteroatoms. The van der Waals surface area contributed by atoms with Gasteiger partial charge >= 0.3 is 0 Å². The summed E-state index contributed by atoms with van der Waals surface area (Å²) < 4.78 is 11.3. The number of aryl methyl sites for hydroxylation is 1. The zero-order chi connectivity index (χ0) is 13.7. The third-order valence-electron chi connectivity index (χ3n) is 3.10. The zero-order valence-electron chi connectivity index (χ0n) is 12.1. The van der Waals surface area contributed by atoms with Crippen LogP contribution in [0.5, 0.6) is 5.75 Å². The third kappa shape index (κ3) is 4.48. The Balaban J connectivity index is 1.99. The summed E-state index contributed by atoms with van der Waals surface area (Å²) in [4.78, 5) is 4.58. The number of nitrogens with one attached hydrogen (secondary N) is 1. The van der Waals surface area contributed by atoms with Crippen LogP contribution in [0.3, 0.4) is 0 Å². The van der Waals surface area contributed by atoms with Gasteiger partial charge in [0, 0.05) is 18.7 Å². The Morgan fingerprint density at radius 2 is 2.32 bits per heavy atom. The van der Waals surface area contributed by atoms with Crippen molar-refractivity contribution in [2.75, 3.05) is 19.8 Å². The van der Waals surface area contributed by atoms with E-state index >= 15 is 0 Å². The number of hydrogen-bond acceptors (Lipinski definition) is 4. The lowest BCUT2D eigenvalue weighted by Crippen LogP contribution is -2.22. The fourth-order valence-electron chi connectivity index (χ4n) is 2.10. The molecule has 1 aromatic heterocycles. The first-order valence-electron chi connectivity index (χ1n) is 7.07. The van der Waals surface area contributed by atoms with Crippen molar-refractivity contribution in [3.63, 3.8) is 0 Å². The van der Waals surface area contributed by atoms with E-state index in [1.165, 1.54) is 0 Å². The van der Waals surface area contributed by atoms with E-state index in [0.29, 0.717) is 12.5 Å². The second-order valence-electron chi connectivity index (χ2n) is 5.53. The second kappa shape index (κ2) is 6.87. The Kier molecular flexibility index (Phi) is 5.16. The largest absolute Gasteiger partial charge is 0.486 e. The predicted molar refractivity (Wildman–Crippen MR) is 75.4 cm³/mol. The van der Waals surface area contributed by atoms with E-state index in [-0.39, 0.29) is 6.10 Å². The van der Waals surface area contributed by atoms with Gasteiger partial charge < -0.3 is 14.8 Å². The fourth-order valence-corrected chi connectivity index (χ4v) is 2.10. The second-order valence-corrected chi connectivity index (χ2v) is 5.53. The number of pyridine rings is 1. The molecule has 0 spiro atoms. The fraction of sp³-hybridized carbons (Fsp3) is 0.667. The Morgan fingerprint density at radius 1 is 1.47 bits per heavy atom. The van der Waals surface area contributed by atoms with Crippen LogP contribution in [0.4, 0.5) is 0 Å². The molecule has 0 amide bonds. The standard InChI is InChI=1S/C15H24N2O2/c1-11(2)8-16-9-14-15(5-4-12(3)17-14)19-13-6-7-18-10-13/h4-5,11,13,16H,6-10H2,1-3H3. The summed E-state index contributed by atoms with van der Waals surface area (Å²) in [7, 11) is 0. The highest BCUT2D eigenvalue weighted by Crippen LogP contribution is 2.21. The van der Waals surface area contributed by atoms with Crippen LogP contribution in [0, 0.1) is 12.8 Å². The lowest BCUT2D eigenvalue weighted by atomic mass is 10.2. The van der Waals surface area contributed by atoms with Gasteiger partial charge in [0.15, 0.2) is 0 Å². The van der Waals surface area contributed by atoms with Gasteiger partial charge in [0.1, 0.15) is 11.9 Å². The molecular weight excluding hydrogens is 240 g/mol. The molecule has 0 radical (unpaired) electrons. The average molecular weight is 264 g/mol. The molecule has 1 atom stereocenters. The van der Waals surface area contributed by atoms with Gasteiger partial charge in [-0.3, -0.25) is 4.98 Å². The van der Waals surface area contributed by atoms with Crippen LogP contribution in [0.2, 0.25) is 0 Å². The summed E-state index contributed by atoms with van der Waals surface area (Å²) in [6.45, 7) is 9.63. The van der Waals surface area contributed by atoms with Crippen LogP contribution in [-0.2, 0) is 11.3 Å². The summed E-state index contributed by atoms with van der Waals surface area (Å²) >= 11 is 0. The highest BCUT2D eigenvalue weighted by molar-refractivity contribution is 5.29. The van der Waals surface area contributed by atoms with Crippen LogP contribution in [0.15, 0.2) is 12.1 Å². The average Bonchev–Trinajstić information content (AvgIpc) is 2.85. The molecule has 19 heavy (non-hydrogen) atoms. The van der Waals surface area contributed by atoms with E-state index in [2.05, 4.69) is 24.1 Å². The highest BCUT2D eigenvalue weighted by Gasteiger charge is 2.19. The number of nitrogens with zero attached hydrogens (tertiary/aromatic N) is 1. The van der Waals surface area contributed by atoms with Crippen molar-refractivity contribution >= 4 is 0 Å². The van der Waals surface area contributed by atoms with Gasteiger partial charge in [0.2, 0.25) is 0 Å². The summed E-state index contributed by atoms with van der Waals surface area (Å²) in [5.41, 5.74) is 2.02. The zero-order valence-corrected chi connectivity index (χ0v) is 12.1. The molecule has 1 unspecified atom stereocenters. The number of aromatic nitrogens is 1. The molecule has 106 valence electrons. The van der Waals surface area contributed by atoms with E-state index in [4.69, 9.17) is 9.47 Å². The predicted octanol–water partition coefficient (Wildman–Crippen LogP) is 2.30. The maximum atomic E-state index is 5.99. The van der Waals surface area contributed by atoms with Crippen molar-refractivity contribution in [1.29, 1.82) is 0 Å². The minimum atomic E-state index is 0.174. The van der Waals surface area contributed by atoms with E-state index in [0.717, 1.165) is 43.3 Å². The van der Waals surface area contributed by atoms with Gasteiger partial charge in [0.05, 0.1) is 18.9 Å². The maximum absolute atomic E-state index is 5.99. The van der Waals surface area contributed by atoms with Gasteiger partial charge in [-0.15, -0.1) is 0 Å². The van der Waals surface area contributed by atoms with Crippen molar-refractivity contribution in [2.45, 2.75) is 39.8 Å². The quantitative estimate of drug-likeness (QED) is 0.856. The molecular formula is C15H24N2O2. The van der Waals surface area contributed by atoms with Gasteiger partial charge in [-0.2, -0.15) is 0 Å². The van der Waals surface area contributed by atoms with E-state index in [1.807, 2.05) is 19.1 Å². The van der Waals surface area contributed by atoms with Crippen molar-refractivity contribution in [2.24, 2.45) is 5.92 Å². The Hall–Kier alpha value is -1.13.